The summed E-state index contributed by atoms with van der Waals surface area (Å²) >= 11 is 1.34. The Morgan fingerprint density at radius 1 is 1.10 bits per heavy atom. The minimum Gasteiger partial charge on any atom is -0.462 e. The number of nitrogens with zero attached hydrogens (tertiary/aromatic N) is 4. The Kier molecular flexibility index (Phi) is 6.18. The van der Waals surface area contributed by atoms with E-state index in [1.807, 2.05) is 43.0 Å². The number of amides is 1. The van der Waals surface area contributed by atoms with Crippen molar-refractivity contribution >= 4 is 39.2 Å². The Hall–Kier alpha value is -3.00. The van der Waals surface area contributed by atoms with Crippen molar-refractivity contribution < 1.29 is 14.3 Å². The summed E-state index contributed by atoms with van der Waals surface area (Å²) in [6, 6.07) is 8.02. The number of piperazine rings is 1. The second kappa shape index (κ2) is 9.01. The Balaban J connectivity index is 1.49. The van der Waals surface area contributed by atoms with E-state index in [0.29, 0.717) is 44.1 Å². The molecule has 0 saturated carbocycles. The minimum atomic E-state index is -0.319. The molecule has 4 rings (SSSR count). The Morgan fingerprint density at radius 2 is 1.84 bits per heavy atom. The quantitative estimate of drug-likeness (QED) is 0.569. The number of aryl methyl sites for hydroxylation is 2. The predicted octanol–water partition coefficient (Wildman–Crippen LogP) is 3.38. The van der Waals surface area contributed by atoms with E-state index in [0.717, 1.165) is 32.7 Å². The Morgan fingerprint density at radius 3 is 2.55 bits per heavy atom. The second-order valence-corrected chi connectivity index (χ2v) is 8.62. The largest absolute Gasteiger partial charge is 0.462 e. The minimum absolute atomic E-state index is 0.151. The molecule has 0 spiro atoms. The molecule has 0 aliphatic carbocycles. The molecule has 1 aromatic carbocycles. The molecule has 31 heavy (non-hydrogen) atoms. The zero-order valence-corrected chi connectivity index (χ0v) is 18.9. The van der Waals surface area contributed by atoms with Crippen LogP contribution in [0.2, 0.25) is 0 Å². The summed E-state index contributed by atoms with van der Waals surface area (Å²) in [6.07, 6.45) is 1.97. The predicted molar refractivity (Wildman–Crippen MR) is 122 cm³/mol. The van der Waals surface area contributed by atoms with Gasteiger partial charge in [0.05, 0.1) is 18.4 Å². The van der Waals surface area contributed by atoms with Crippen LogP contribution in [0.4, 0.5) is 5.82 Å². The van der Waals surface area contributed by atoms with Gasteiger partial charge in [-0.3, -0.25) is 4.79 Å². The van der Waals surface area contributed by atoms with Crippen molar-refractivity contribution in [3.05, 3.63) is 52.2 Å². The molecule has 3 heterocycles. The number of fused-ring (bicyclic) bond motifs is 1. The van der Waals surface area contributed by atoms with E-state index in [-0.39, 0.29) is 11.9 Å². The monoisotopic (exact) mass is 438 g/mol. The molecule has 162 valence electrons. The van der Waals surface area contributed by atoms with Crippen LogP contribution in [0.5, 0.6) is 0 Å². The number of carbonyl (C=O) groups is 2. The lowest BCUT2D eigenvalue weighted by Gasteiger charge is -2.35. The van der Waals surface area contributed by atoms with E-state index in [4.69, 9.17) is 4.74 Å². The zero-order valence-electron chi connectivity index (χ0n) is 18.1. The van der Waals surface area contributed by atoms with Crippen molar-refractivity contribution in [2.75, 3.05) is 37.7 Å². The second-order valence-electron chi connectivity index (χ2n) is 7.63. The number of benzene rings is 1. The summed E-state index contributed by atoms with van der Waals surface area (Å²) in [6.45, 7) is 8.75. The van der Waals surface area contributed by atoms with Crippen LogP contribution >= 0.6 is 11.3 Å². The van der Waals surface area contributed by atoms with E-state index in [9.17, 15) is 9.59 Å². The molecule has 0 atom stereocenters. The number of rotatable bonds is 5. The smallest absolute Gasteiger partial charge is 0.348 e. The molecule has 3 aromatic rings. The van der Waals surface area contributed by atoms with Crippen LogP contribution < -0.4 is 4.90 Å². The van der Waals surface area contributed by atoms with Gasteiger partial charge in [-0.05, 0) is 37.5 Å². The van der Waals surface area contributed by atoms with Gasteiger partial charge in [0.25, 0.3) is 0 Å². The third-order valence-corrected chi connectivity index (χ3v) is 6.88. The summed E-state index contributed by atoms with van der Waals surface area (Å²) in [5.41, 5.74) is 3.07. The van der Waals surface area contributed by atoms with Crippen LogP contribution in [0.15, 0.2) is 30.6 Å². The van der Waals surface area contributed by atoms with Gasteiger partial charge in [0, 0.05) is 26.2 Å². The highest BCUT2D eigenvalue weighted by Crippen LogP contribution is 2.35. The van der Waals surface area contributed by atoms with Gasteiger partial charge in [0.1, 0.15) is 21.9 Å². The average Bonchev–Trinajstić information content (AvgIpc) is 3.12. The molecule has 7 nitrogen and oxygen atoms in total. The van der Waals surface area contributed by atoms with Gasteiger partial charge >= 0.3 is 5.97 Å². The maximum atomic E-state index is 12.8. The highest BCUT2D eigenvalue weighted by Gasteiger charge is 2.26. The fourth-order valence-corrected chi connectivity index (χ4v) is 4.97. The van der Waals surface area contributed by atoms with Crippen LogP contribution in [-0.4, -0.2) is 59.5 Å². The lowest BCUT2D eigenvalue weighted by atomic mass is 10.1. The van der Waals surface area contributed by atoms with Crippen LogP contribution in [0.3, 0.4) is 0 Å². The number of aromatic nitrogens is 2. The van der Waals surface area contributed by atoms with Crippen molar-refractivity contribution in [3.63, 3.8) is 0 Å². The molecular formula is C23H26N4O3S. The van der Waals surface area contributed by atoms with Crippen molar-refractivity contribution in [3.8, 4) is 0 Å². The maximum absolute atomic E-state index is 12.8. The number of hydrogen-bond donors (Lipinski definition) is 0. The summed E-state index contributed by atoms with van der Waals surface area (Å²) in [7, 11) is 0. The first-order chi connectivity index (χ1) is 15.0. The van der Waals surface area contributed by atoms with Gasteiger partial charge in [-0.2, -0.15) is 0 Å². The van der Waals surface area contributed by atoms with Crippen molar-refractivity contribution in [1.29, 1.82) is 0 Å². The molecule has 0 N–H and O–H groups in total. The lowest BCUT2D eigenvalue weighted by molar-refractivity contribution is -0.130. The molecule has 1 aliphatic rings. The van der Waals surface area contributed by atoms with E-state index in [1.54, 1.807) is 6.92 Å². The van der Waals surface area contributed by atoms with E-state index < -0.39 is 0 Å². The molecule has 1 amide bonds. The molecule has 0 bridgehead atoms. The van der Waals surface area contributed by atoms with Gasteiger partial charge in [-0.25, -0.2) is 14.8 Å². The molecule has 1 saturated heterocycles. The van der Waals surface area contributed by atoms with E-state index >= 15 is 0 Å². The highest BCUT2D eigenvalue weighted by atomic mass is 32.1. The summed E-state index contributed by atoms with van der Waals surface area (Å²) < 4.78 is 5.19. The first-order valence-corrected chi connectivity index (χ1v) is 11.3. The van der Waals surface area contributed by atoms with Crippen LogP contribution in [-0.2, 0) is 16.0 Å². The third kappa shape index (κ3) is 4.25. The zero-order chi connectivity index (χ0) is 22.0. The number of carbonyl (C=O) groups excluding carboxylic acids is 2. The van der Waals surface area contributed by atoms with Crippen molar-refractivity contribution in [2.24, 2.45) is 0 Å². The number of anilines is 1. The number of hydrogen-bond acceptors (Lipinski definition) is 7. The van der Waals surface area contributed by atoms with Crippen LogP contribution in [0.1, 0.15) is 33.3 Å². The Labute approximate surface area is 185 Å². The third-order valence-electron chi connectivity index (χ3n) is 5.70. The van der Waals surface area contributed by atoms with Crippen LogP contribution in [0.25, 0.3) is 10.2 Å². The van der Waals surface area contributed by atoms with Gasteiger partial charge in [-0.1, -0.05) is 24.3 Å². The first kappa shape index (κ1) is 21.2. The molecular weight excluding hydrogens is 412 g/mol. The van der Waals surface area contributed by atoms with Gasteiger partial charge < -0.3 is 14.5 Å². The molecule has 1 fully saturated rings. The number of ether oxygens (including phenoxy) is 1. The molecule has 8 heteroatoms. The summed E-state index contributed by atoms with van der Waals surface area (Å²) in [5.74, 6) is 0.652. The fraction of sp³-hybridized carbons (Fsp3) is 0.391. The van der Waals surface area contributed by atoms with E-state index in [1.165, 1.54) is 17.7 Å². The van der Waals surface area contributed by atoms with Gasteiger partial charge in [0.2, 0.25) is 5.91 Å². The Bertz CT molecular complexity index is 1120. The summed E-state index contributed by atoms with van der Waals surface area (Å²) in [4.78, 5) is 39.4. The van der Waals surface area contributed by atoms with Crippen molar-refractivity contribution in [2.45, 2.75) is 27.2 Å². The molecule has 1 aliphatic heterocycles. The molecule has 2 aromatic heterocycles. The van der Waals surface area contributed by atoms with Gasteiger partial charge in [-0.15, -0.1) is 11.3 Å². The highest BCUT2D eigenvalue weighted by molar-refractivity contribution is 7.20. The molecule has 0 radical (unpaired) electrons. The maximum Gasteiger partial charge on any atom is 0.348 e. The standard InChI is InChI=1S/C23H26N4O3S/c1-4-30-23(29)20-16(3)19-21(24-14-25-22(19)31-20)27-11-9-26(10-12-27)18(28)13-17-8-6-5-7-15(17)2/h5-8,14H,4,9-13H2,1-3H3. The van der Waals surface area contributed by atoms with Gasteiger partial charge in [0.15, 0.2) is 0 Å². The normalized spacial score (nSPS) is 14.2. The SMILES string of the molecule is CCOC(=O)c1sc2ncnc(N3CCN(C(=O)Cc4ccccc4C)CC3)c2c1C. The fourth-order valence-electron chi connectivity index (χ4n) is 3.93. The lowest BCUT2D eigenvalue weighted by Crippen LogP contribution is -2.49. The van der Waals surface area contributed by atoms with Crippen molar-refractivity contribution in [1.82, 2.24) is 14.9 Å². The number of esters is 1. The topological polar surface area (TPSA) is 75.6 Å². The van der Waals surface area contributed by atoms with Crippen LogP contribution in [0, 0.1) is 13.8 Å². The summed E-state index contributed by atoms with van der Waals surface area (Å²) in [5, 5.41) is 0.898. The molecule has 0 unspecified atom stereocenters. The van der Waals surface area contributed by atoms with E-state index in [2.05, 4.69) is 14.9 Å². The average molecular weight is 439 g/mol. The number of thiophene rings is 1. The first-order valence-electron chi connectivity index (χ1n) is 10.5.